The number of fused-ring (bicyclic) bond motifs is 1. The van der Waals surface area contributed by atoms with Crippen LogP contribution < -0.4 is 5.73 Å². The summed E-state index contributed by atoms with van der Waals surface area (Å²) in [6, 6.07) is 7.35. The third kappa shape index (κ3) is 1.07. The van der Waals surface area contributed by atoms with Crippen LogP contribution in [0.3, 0.4) is 0 Å². The molecule has 0 saturated carbocycles. The Morgan fingerprint density at radius 3 is 2.93 bits per heavy atom. The van der Waals surface area contributed by atoms with Crippen molar-refractivity contribution in [2.24, 2.45) is 0 Å². The molecule has 1 heterocycles. The van der Waals surface area contributed by atoms with Crippen molar-refractivity contribution in [1.82, 2.24) is 4.57 Å². The number of nitriles is 1. The molecule has 1 aromatic carbocycles. The molecule has 0 radical (unpaired) electrons. The van der Waals surface area contributed by atoms with Gasteiger partial charge in [-0.1, -0.05) is 12.1 Å². The third-order valence-electron chi connectivity index (χ3n) is 2.16. The zero-order chi connectivity index (χ0) is 10.1. The van der Waals surface area contributed by atoms with Crippen LogP contribution in [0, 0.1) is 11.3 Å². The fraction of sp³-hybridized carbons (Fsp3) is 0.100. The van der Waals surface area contributed by atoms with E-state index in [4.69, 9.17) is 11.0 Å². The highest BCUT2D eigenvalue weighted by molar-refractivity contribution is 5.97. The molecule has 0 fully saturated rings. The van der Waals surface area contributed by atoms with Crippen LogP contribution in [0.5, 0.6) is 5.88 Å². The topological polar surface area (TPSA) is 75.0 Å². The van der Waals surface area contributed by atoms with Crippen LogP contribution in [0.2, 0.25) is 0 Å². The molecule has 0 aliphatic carbocycles. The Balaban J connectivity index is 2.75. The van der Waals surface area contributed by atoms with Crippen LogP contribution >= 0.6 is 0 Å². The molecule has 14 heavy (non-hydrogen) atoms. The SMILES string of the molecule is N#CCn1cc2cccc(N)c2c1O. The molecule has 0 spiro atoms. The van der Waals surface area contributed by atoms with E-state index < -0.39 is 0 Å². The van der Waals surface area contributed by atoms with Crippen molar-refractivity contribution < 1.29 is 5.11 Å². The molecule has 1 aromatic heterocycles. The molecule has 70 valence electrons. The van der Waals surface area contributed by atoms with Crippen LogP contribution in [0.4, 0.5) is 5.69 Å². The van der Waals surface area contributed by atoms with Crippen molar-refractivity contribution in [2.75, 3.05) is 5.73 Å². The van der Waals surface area contributed by atoms with Gasteiger partial charge >= 0.3 is 0 Å². The number of aromatic hydroxyl groups is 1. The lowest BCUT2D eigenvalue weighted by molar-refractivity contribution is 0.432. The van der Waals surface area contributed by atoms with E-state index in [1.165, 1.54) is 4.57 Å². The van der Waals surface area contributed by atoms with E-state index in [2.05, 4.69) is 0 Å². The molecule has 4 nitrogen and oxygen atoms in total. The summed E-state index contributed by atoms with van der Waals surface area (Å²) in [5, 5.41) is 19.7. The Morgan fingerprint density at radius 2 is 2.29 bits per heavy atom. The highest BCUT2D eigenvalue weighted by Crippen LogP contribution is 2.31. The lowest BCUT2D eigenvalue weighted by atomic mass is 10.2. The number of nitrogens with zero attached hydrogens (tertiary/aromatic N) is 2. The Morgan fingerprint density at radius 1 is 1.50 bits per heavy atom. The van der Waals surface area contributed by atoms with Crippen molar-refractivity contribution in [3.8, 4) is 11.9 Å². The number of rotatable bonds is 1. The number of anilines is 1. The Hall–Kier alpha value is -2.15. The molecule has 2 aromatic rings. The van der Waals surface area contributed by atoms with Crippen molar-refractivity contribution in [2.45, 2.75) is 6.54 Å². The Kier molecular flexibility index (Phi) is 1.79. The molecule has 0 unspecified atom stereocenters. The maximum absolute atomic E-state index is 9.73. The third-order valence-corrected chi connectivity index (χ3v) is 2.16. The second-order valence-corrected chi connectivity index (χ2v) is 3.05. The molecular weight excluding hydrogens is 178 g/mol. The van der Waals surface area contributed by atoms with E-state index in [0.717, 1.165) is 5.39 Å². The first-order valence-electron chi connectivity index (χ1n) is 4.17. The first-order chi connectivity index (χ1) is 6.74. The average molecular weight is 187 g/mol. The summed E-state index contributed by atoms with van der Waals surface area (Å²) < 4.78 is 1.47. The van der Waals surface area contributed by atoms with Crippen LogP contribution in [0.25, 0.3) is 10.8 Å². The molecule has 3 N–H and O–H groups in total. The van der Waals surface area contributed by atoms with Gasteiger partial charge < -0.3 is 15.4 Å². The second kappa shape index (κ2) is 2.96. The maximum atomic E-state index is 9.73. The largest absolute Gasteiger partial charge is 0.494 e. The van der Waals surface area contributed by atoms with E-state index in [0.29, 0.717) is 11.1 Å². The summed E-state index contributed by atoms with van der Waals surface area (Å²) in [6.45, 7) is 0.125. The van der Waals surface area contributed by atoms with Crippen LogP contribution in [-0.4, -0.2) is 9.67 Å². The van der Waals surface area contributed by atoms with E-state index in [1.807, 2.05) is 18.2 Å². The lowest BCUT2D eigenvalue weighted by Crippen LogP contribution is -1.91. The summed E-state index contributed by atoms with van der Waals surface area (Å²) >= 11 is 0. The first-order valence-corrected chi connectivity index (χ1v) is 4.17. The van der Waals surface area contributed by atoms with Gasteiger partial charge in [-0.2, -0.15) is 5.26 Å². The minimum atomic E-state index is 0.0552. The number of hydrogen-bond acceptors (Lipinski definition) is 3. The highest BCUT2D eigenvalue weighted by atomic mass is 16.3. The average Bonchev–Trinajstić information content (AvgIpc) is 2.46. The van der Waals surface area contributed by atoms with Gasteiger partial charge in [-0.15, -0.1) is 0 Å². The molecular formula is C10H9N3O. The molecule has 0 aliphatic rings. The molecule has 0 bridgehead atoms. The maximum Gasteiger partial charge on any atom is 0.202 e. The predicted octanol–water partition coefficient (Wildman–Crippen LogP) is 1.45. The van der Waals surface area contributed by atoms with Gasteiger partial charge in [0.2, 0.25) is 5.88 Å². The predicted molar refractivity (Wildman–Crippen MR) is 53.6 cm³/mol. The van der Waals surface area contributed by atoms with Crippen LogP contribution in [0.1, 0.15) is 0 Å². The zero-order valence-corrected chi connectivity index (χ0v) is 7.44. The normalized spacial score (nSPS) is 10.2. The molecule has 0 amide bonds. The summed E-state index contributed by atoms with van der Waals surface area (Å²) in [7, 11) is 0. The molecule has 0 aliphatic heterocycles. The zero-order valence-electron chi connectivity index (χ0n) is 7.44. The van der Waals surface area contributed by atoms with Crippen molar-refractivity contribution >= 4 is 16.5 Å². The minimum absolute atomic E-state index is 0.0552. The smallest absolute Gasteiger partial charge is 0.202 e. The highest BCUT2D eigenvalue weighted by Gasteiger charge is 2.09. The standard InChI is InChI=1S/C10H9N3O/c11-4-5-13-6-7-2-1-3-8(12)9(7)10(13)14/h1-3,6,14H,5,12H2. The Bertz CT molecular complexity index is 522. The van der Waals surface area contributed by atoms with Gasteiger partial charge in [0.25, 0.3) is 0 Å². The van der Waals surface area contributed by atoms with E-state index in [-0.39, 0.29) is 12.4 Å². The fourth-order valence-electron chi connectivity index (χ4n) is 1.52. The van der Waals surface area contributed by atoms with Crippen molar-refractivity contribution in [3.05, 3.63) is 24.4 Å². The van der Waals surface area contributed by atoms with Gasteiger partial charge in [-0.25, -0.2) is 0 Å². The van der Waals surface area contributed by atoms with E-state index >= 15 is 0 Å². The minimum Gasteiger partial charge on any atom is -0.494 e. The summed E-state index contributed by atoms with van der Waals surface area (Å²) in [5.74, 6) is 0.0552. The molecule has 2 rings (SSSR count). The first kappa shape index (κ1) is 8.45. The van der Waals surface area contributed by atoms with Crippen LogP contribution in [0.15, 0.2) is 24.4 Å². The monoisotopic (exact) mass is 187 g/mol. The summed E-state index contributed by atoms with van der Waals surface area (Å²) in [4.78, 5) is 0. The molecule has 4 heteroatoms. The number of aromatic nitrogens is 1. The van der Waals surface area contributed by atoms with Crippen LogP contribution in [-0.2, 0) is 6.54 Å². The second-order valence-electron chi connectivity index (χ2n) is 3.05. The van der Waals surface area contributed by atoms with Crippen molar-refractivity contribution in [3.63, 3.8) is 0 Å². The molecule has 0 atom stereocenters. The van der Waals surface area contributed by atoms with Gasteiger partial charge in [0.05, 0.1) is 11.5 Å². The summed E-state index contributed by atoms with van der Waals surface area (Å²) in [6.07, 6.45) is 1.71. The van der Waals surface area contributed by atoms with Gasteiger partial charge in [-0.05, 0) is 6.07 Å². The fourth-order valence-corrected chi connectivity index (χ4v) is 1.52. The van der Waals surface area contributed by atoms with E-state index in [9.17, 15) is 5.11 Å². The summed E-state index contributed by atoms with van der Waals surface area (Å²) in [5.41, 5.74) is 6.24. The van der Waals surface area contributed by atoms with Gasteiger partial charge in [0.1, 0.15) is 6.54 Å². The number of nitrogen functional groups attached to an aromatic ring is 1. The van der Waals surface area contributed by atoms with Gasteiger partial charge in [0, 0.05) is 17.3 Å². The molecule has 0 saturated heterocycles. The number of benzene rings is 1. The number of nitrogens with two attached hydrogens (primary N) is 1. The quantitative estimate of drug-likeness (QED) is 0.663. The number of hydrogen-bond donors (Lipinski definition) is 2. The lowest BCUT2D eigenvalue weighted by Gasteiger charge is -1.98. The van der Waals surface area contributed by atoms with E-state index in [1.54, 1.807) is 12.3 Å². The Labute approximate surface area is 80.8 Å². The van der Waals surface area contributed by atoms with Gasteiger partial charge in [0.15, 0.2) is 0 Å². The van der Waals surface area contributed by atoms with Gasteiger partial charge in [-0.3, -0.25) is 0 Å². The van der Waals surface area contributed by atoms with Crippen molar-refractivity contribution in [1.29, 1.82) is 5.26 Å².